The van der Waals surface area contributed by atoms with Crippen LogP contribution in [-0.4, -0.2) is 50.7 Å². The van der Waals surface area contributed by atoms with Gasteiger partial charge >= 0.3 is 5.69 Å². The van der Waals surface area contributed by atoms with Gasteiger partial charge in [0, 0.05) is 41.2 Å². The van der Waals surface area contributed by atoms with Crippen LogP contribution in [0.25, 0.3) is 11.2 Å². The Hall–Kier alpha value is -3.21. The van der Waals surface area contributed by atoms with Gasteiger partial charge in [-0.15, -0.1) is 0 Å². The van der Waals surface area contributed by atoms with Crippen LogP contribution < -0.4 is 11.2 Å². The number of sulfone groups is 1. The molecule has 11 heteroatoms. The molecular weight excluding hydrogens is 410 g/mol. The maximum absolute atomic E-state index is 12.9. The summed E-state index contributed by atoms with van der Waals surface area (Å²) in [7, 11) is 1.79. The number of rotatable bonds is 6. The van der Waals surface area contributed by atoms with Gasteiger partial charge in [-0.2, -0.15) is 0 Å². The summed E-state index contributed by atoms with van der Waals surface area (Å²) in [4.78, 5) is 42.3. The molecular formula is C19H23N5O5S. The average molecular weight is 433 g/mol. The third-order valence-corrected chi connectivity index (χ3v) is 6.64. The van der Waals surface area contributed by atoms with Crippen molar-refractivity contribution < 1.29 is 13.2 Å². The number of hydrogen-bond acceptors (Lipinski definition) is 6. The Morgan fingerprint density at radius 3 is 2.30 bits per heavy atom. The van der Waals surface area contributed by atoms with E-state index in [0.717, 1.165) is 10.1 Å². The number of aryl methyl sites for hydroxylation is 2. The lowest BCUT2D eigenvalue weighted by Crippen LogP contribution is -2.37. The fraction of sp³-hybridized carbons (Fsp3) is 0.368. The summed E-state index contributed by atoms with van der Waals surface area (Å²) in [6.45, 7) is 0.365. The van der Waals surface area contributed by atoms with Crippen molar-refractivity contribution >= 4 is 26.9 Å². The number of carbonyl (C=O) groups is 1. The Balaban J connectivity index is 1.85. The van der Waals surface area contributed by atoms with E-state index in [1.54, 1.807) is 7.05 Å². The molecule has 30 heavy (non-hydrogen) atoms. The van der Waals surface area contributed by atoms with Gasteiger partial charge in [0.1, 0.15) is 0 Å². The molecule has 2 heterocycles. The van der Waals surface area contributed by atoms with Crippen molar-refractivity contribution in [1.29, 1.82) is 0 Å². The van der Waals surface area contributed by atoms with Crippen molar-refractivity contribution in [3.8, 4) is 0 Å². The van der Waals surface area contributed by atoms with Gasteiger partial charge in [-0.25, -0.2) is 18.2 Å². The fourth-order valence-electron chi connectivity index (χ4n) is 3.29. The largest absolute Gasteiger partial charge is 0.341 e. The molecule has 0 radical (unpaired) electrons. The first-order valence-electron chi connectivity index (χ1n) is 9.17. The zero-order chi connectivity index (χ0) is 22.2. The molecule has 0 saturated carbocycles. The van der Waals surface area contributed by atoms with Crippen molar-refractivity contribution in [3.05, 3.63) is 56.7 Å². The third kappa shape index (κ3) is 3.80. The second-order valence-corrected chi connectivity index (χ2v) is 9.14. The standard InChI is InChI=1S/C19H23N5O5S/c1-21(12-13-8-6-5-7-9-13)14(25)10-11-30(28,29)18-20-15-16(22(18)2)23(3)19(27)24(4)17(15)26/h5-9H,10-12H2,1-4H3. The molecule has 0 aliphatic carbocycles. The lowest BCUT2D eigenvalue weighted by atomic mass is 10.2. The van der Waals surface area contributed by atoms with E-state index in [1.807, 2.05) is 30.3 Å². The third-order valence-electron chi connectivity index (χ3n) is 4.97. The maximum Gasteiger partial charge on any atom is 0.332 e. The quantitative estimate of drug-likeness (QED) is 0.531. The number of fused-ring (bicyclic) bond motifs is 1. The van der Waals surface area contributed by atoms with Crippen LogP contribution in [0.3, 0.4) is 0 Å². The van der Waals surface area contributed by atoms with Gasteiger partial charge in [-0.05, 0) is 5.56 Å². The van der Waals surface area contributed by atoms with Crippen LogP contribution in [0, 0.1) is 0 Å². The topological polar surface area (TPSA) is 116 Å². The minimum atomic E-state index is -3.97. The van der Waals surface area contributed by atoms with Crippen LogP contribution in [0.1, 0.15) is 12.0 Å². The van der Waals surface area contributed by atoms with E-state index in [0.29, 0.717) is 6.54 Å². The molecule has 1 aromatic carbocycles. The average Bonchev–Trinajstić information content (AvgIpc) is 3.08. The first-order valence-corrected chi connectivity index (χ1v) is 10.8. The molecule has 10 nitrogen and oxygen atoms in total. The Kier molecular flexibility index (Phi) is 5.66. The van der Waals surface area contributed by atoms with E-state index in [9.17, 15) is 22.8 Å². The molecule has 3 aromatic rings. The van der Waals surface area contributed by atoms with Gasteiger partial charge in [-0.3, -0.25) is 18.7 Å². The van der Waals surface area contributed by atoms with Gasteiger partial charge in [0.25, 0.3) is 5.56 Å². The molecule has 0 saturated heterocycles. The lowest BCUT2D eigenvalue weighted by molar-refractivity contribution is -0.130. The van der Waals surface area contributed by atoms with Crippen LogP contribution in [0.5, 0.6) is 0 Å². The normalized spacial score (nSPS) is 11.7. The summed E-state index contributed by atoms with van der Waals surface area (Å²) in [6, 6.07) is 9.36. The lowest BCUT2D eigenvalue weighted by Gasteiger charge is -2.17. The molecule has 0 aliphatic rings. The first-order chi connectivity index (χ1) is 14.0. The van der Waals surface area contributed by atoms with Crippen LogP contribution in [0.4, 0.5) is 0 Å². The molecule has 3 rings (SSSR count). The molecule has 0 spiro atoms. The van der Waals surface area contributed by atoms with E-state index >= 15 is 0 Å². The highest BCUT2D eigenvalue weighted by molar-refractivity contribution is 7.91. The van der Waals surface area contributed by atoms with Crippen molar-refractivity contribution in [2.45, 2.75) is 18.1 Å². The Morgan fingerprint density at radius 1 is 1.03 bits per heavy atom. The number of hydrogen-bond donors (Lipinski definition) is 0. The highest BCUT2D eigenvalue weighted by Gasteiger charge is 2.27. The molecule has 0 N–H and O–H groups in total. The van der Waals surface area contributed by atoms with Crippen LogP contribution >= 0.6 is 0 Å². The SMILES string of the molecule is CN(Cc1ccccc1)C(=O)CCS(=O)(=O)c1nc2c(=O)n(C)c(=O)n(C)c2n1C. The Morgan fingerprint density at radius 2 is 1.67 bits per heavy atom. The zero-order valence-corrected chi connectivity index (χ0v) is 18.0. The number of carbonyl (C=O) groups excluding carboxylic acids is 1. The van der Waals surface area contributed by atoms with Crippen LogP contribution in [0.15, 0.2) is 45.1 Å². The van der Waals surface area contributed by atoms with Crippen molar-refractivity contribution in [2.24, 2.45) is 21.1 Å². The second-order valence-electron chi connectivity index (χ2n) is 7.14. The van der Waals surface area contributed by atoms with Crippen molar-refractivity contribution in [1.82, 2.24) is 23.6 Å². The van der Waals surface area contributed by atoms with E-state index < -0.39 is 26.8 Å². The summed E-state index contributed by atoms with van der Waals surface area (Å²) in [6.07, 6.45) is -0.230. The Bertz CT molecular complexity index is 1340. The number of benzene rings is 1. The molecule has 0 fully saturated rings. The van der Waals surface area contributed by atoms with E-state index in [4.69, 9.17) is 0 Å². The summed E-state index contributed by atoms with van der Waals surface area (Å²) in [5.74, 6) is -0.791. The minimum Gasteiger partial charge on any atom is -0.341 e. The molecule has 0 atom stereocenters. The first kappa shape index (κ1) is 21.5. The number of imidazole rings is 1. The highest BCUT2D eigenvalue weighted by atomic mass is 32.2. The molecule has 1 amide bonds. The summed E-state index contributed by atoms with van der Waals surface area (Å²) in [5.41, 5.74) is -0.341. The molecule has 2 aromatic heterocycles. The van der Waals surface area contributed by atoms with Gasteiger partial charge in [0.05, 0.1) is 5.75 Å². The maximum atomic E-state index is 12.9. The predicted octanol–water partition coefficient (Wildman–Crippen LogP) is -0.207. The number of amides is 1. The van der Waals surface area contributed by atoms with E-state index in [2.05, 4.69) is 4.98 Å². The van der Waals surface area contributed by atoms with E-state index in [1.165, 1.54) is 35.2 Å². The number of aromatic nitrogens is 4. The zero-order valence-electron chi connectivity index (χ0n) is 17.2. The smallest absolute Gasteiger partial charge is 0.332 e. The van der Waals surface area contributed by atoms with Gasteiger partial charge in [0.2, 0.25) is 20.9 Å². The molecule has 0 unspecified atom stereocenters. The second kappa shape index (κ2) is 7.90. The molecule has 0 aliphatic heterocycles. The molecule has 160 valence electrons. The predicted molar refractivity (Wildman–Crippen MR) is 111 cm³/mol. The van der Waals surface area contributed by atoms with Gasteiger partial charge < -0.3 is 9.47 Å². The van der Waals surface area contributed by atoms with Crippen molar-refractivity contribution in [3.63, 3.8) is 0 Å². The Labute approximate surface area is 172 Å². The monoisotopic (exact) mass is 433 g/mol. The minimum absolute atomic E-state index is 0.106. The summed E-state index contributed by atoms with van der Waals surface area (Å²) in [5, 5.41) is -0.352. The van der Waals surface area contributed by atoms with Crippen LogP contribution in [-0.2, 0) is 42.3 Å². The fourth-order valence-corrected chi connectivity index (χ4v) is 4.65. The number of nitrogens with zero attached hydrogens (tertiary/aromatic N) is 5. The summed E-state index contributed by atoms with van der Waals surface area (Å²) < 4.78 is 28.9. The van der Waals surface area contributed by atoms with E-state index in [-0.39, 0.29) is 28.6 Å². The van der Waals surface area contributed by atoms with Crippen molar-refractivity contribution in [2.75, 3.05) is 12.8 Å². The van der Waals surface area contributed by atoms with Crippen LogP contribution in [0.2, 0.25) is 0 Å². The highest BCUT2D eigenvalue weighted by Crippen LogP contribution is 2.16. The molecule has 0 bridgehead atoms. The summed E-state index contributed by atoms with van der Waals surface area (Å²) >= 11 is 0. The van der Waals surface area contributed by atoms with Gasteiger partial charge in [0.15, 0.2) is 11.2 Å². The van der Waals surface area contributed by atoms with Gasteiger partial charge in [-0.1, -0.05) is 30.3 Å².